The molecule has 0 aliphatic rings. The van der Waals surface area contributed by atoms with E-state index in [2.05, 4.69) is 50.9 Å². The summed E-state index contributed by atoms with van der Waals surface area (Å²) in [6.45, 7) is 15.9. The van der Waals surface area contributed by atoms with E-state index in [0.717, 1.165) is 11.4 Å². The molecule has 0 radical (unpaired) electrons. The highest BCUT2D eigenvalue weighted by Gasteiger charge is 2.14. The third kappa shape index (κ3) is 17.3. The smallest absolute Gasteiger partial charge is 0.333 e. The highest BCUT2D eigenvalue weighted by atomic mass is 32.2. The third-order valence-electron chi connectivity index (χ3n) is 3.71. The molecule has 1 heterocycles. The molecule has 34 heavy (non-hydrogen) atoms. The average molecular weight is 506 g/mol. The molecule has 13 nitrogen and oxygen atoms in total. The van der Waals surface area contributed by atoms with Crippen LogP contribution in [0.1, 0.15) is 47.2 Å². The molecule has 1 aromatic heterocycles. The molecule has 14 heteroatoms. The van der Waals surface area contributed by atoms with Crippen molar-refractivity contribution in [3.8, 4) is 0 Å². The Morgan fingerprint density at radius 2 is 1.82 bits per heavy atom. The van der Waals surface area contributed by atoms with Crippen molar-refractivity contribution in [1.82, 2.24) is 30.6 Å². The summed E-state index contributed by atoms with van der Waals surface area (Å²) < 4.78 is 21.2. The van der Waals surface area contributed by atoms with Crippen molar-refractivity contribution in [2.75, 3.05) is 26.8 Å². The van der Waals surface area contributed by atoms with Crippen molar-refractivity contribution in [2.24, 2.45) is 17.3 Å². The lowest BCUT2D eigenvalue weighted by molar-refractivity contribution is -0.174. The maximum Gasteiger partial charge on any atom is 0.333 e. The van der Waals surface area contributed by atoms with Gasteiger partial charge in [0.25, 0.3) is 0 Å². The molecule has 0 bridgehead atoms. The number of nitrogens with one attached hydrogen (secondary N) is 2. The van der Waals surface area contributed by atoms with E-state index < -0.39 is 11.4 Å². The minimum absolute atomic E-state index is 0.0102. The second kappa shape index (κ2) is 15.6. The molecule has 1 unspecified atom stereocenters. The fraction of sp³-hybridized carbons (Fsp3) is 0.700. The summed E-state index contributed by atoms with van der Waals surface area (Å²) in [7, 11) is 1.25. The number of hydrazine groups is 1. The van der Waals surface area contributed by atoms with E-state index in [1.165, 1.54) is 7.11 Å². The third-order valence-corrected chi connectivity index (χ3v) is 4.31. The Labute approximate surface area is 205 Å². The number of hydrogen-bond acceptors (Lipinski definition) is 12. The van der Waals surface area contributed by atoms with Gasteiger partial charge in [-0.1, -0.05) is 5.21 Å². The molecule has 0 spiro atoms. The summed E-state index contributed by atoms with van der Waals surface area (Å²) in [4.78, 5) is 4.15. The van der Waals surface area contributed by atoms with Gasteiger partial charge in [-0.05, 0) is 48.5 Å². The maximum absolute atomic E-state index is 10.7. The largest absolute Gasteiger partial charge is 0.400 e. The average Bonchev–Trinajstić information content (AvgIpc) is 3.11. The van der Waals surface area contributed by atoms with Crippen molar-refractivity contribution in [1.29, 1.82) is 0 Å². The predicted molar refractivity (Wildman–Crippen MR) is 133 cm³/mol. The summed E-state index contributed by atoms with van der Waals surface area (Å²) in [5.41, 5.74) is 13.9. The Morgan fingerprint density at radius 1 is 1.21 bits per heavy atom. The summed E-state index contributed by atoms with van der Waals surface area (Å²) in [5, 5.41) is 15.5. The molecular weight excluding hydrogens is 462 g/mol. The quantitative estimate of drug-likeness (QED) is 0.149. The lowest BCUT2D eigenvalue weighted by atomic mass is 10.1. The van der Waals surface area contributed by atoms with E-state index in [1.54, 1.807) is 22.1 Å². The Balaban J connectivity index is 0.000000679. The summed E-state index contributed by atoms with van der Waals surface area (Å²) in [6, 6.07) is 0. The number of nitrogens with zero attached hydrogens (tertiary/aromatic N) is 4. The number of hydrogen-bond donors (Lipinski definition) is 5. The summed E-state index contributed by atoms with van der Waals surface area (Å²) >= 11 is -1.87. The normalized spacial score (nSPS) is 13.8. The molecule has 1 rings (SSSR count). The first-order valence-corrected chi connectivity index (χ1v) is 11.7. The highest BCUT2D eigenvalue weighted by Crippen LogP contribution is 2.08. The molecule has 0 saturated carbocycles. The standard InChI is InChI=1S/C14H32N6.C6H11N3O4S/c1-13(2,3)19-9-11(15)7-18-8-12(16)10-20(17)14(4,5)6;1-6-5-9(8-7-6)3-4-12-14(10)13-11-2/h9-10,18-19H,7-8,15-17H2,1-6H3;5H,3-4H2,1-2H3/b11-9-,12-10-;. The van der Waals surface area contributed by atoms with Crippen LogP contribution in [0.4, 0.5) is 0 Å². The van der Waals surface area contributed by atoms with Crippen molar-refractivity contribution in [3.63, 3.8) is 0 Å². The van der Waals surface area contributed by atoms with Gasteiger partial charge in [-0.3, -0.25) is 4.18 Å². The zero-order valence-corrected chi connectivity index (χ0v) is 22.4. The van der Waals surface area contributed by atoms with Gasteiger partial charge in [0, 0.05) is 54.2 Å². The van der Waals surface area contributed by atoms with Gasteiger partial charge in [0.15, 0.2) is 0 Å². The van der Waals surface area contributed by atoms with E-state index in [0.29, 0.717) is 25.3 Å². The first-order valence-electron chi connectivity index (χ1n) is 10.7. The van der Waals surface area contributed by atoms with Gasteiger partial charge in [-0.25, -0.2) is 15.4 Å². The number of rotatable bonds is 12. The van der Waals surface area contributed by atoms with Gasteiger partial charge in [-0.15, -0.1) is 9.43 Å². The molecule has 1 aromatic rings. The minimum Gasteiger partial charge on any atom is -0.400 e. The second-order valence-corrected chi connectivity index (χ2v) is 10.2. The lowest BCUT2D eigenvalue weighted by Crippen LogP contribution is -2.43. The SMILES string of the molecule is CC(C)(C)N/C=C(\N)CNC/C(N)=C/N(N)C(C)(C)C.COOS(=O)OCCn1cc(C)nn1. The zero-order valence-electron chi connectivity index (χ0n) is 21.6. The van der Waals surface area contributed by atoms with Gasteiger partial charge in [0.2, 0.25) is 0 Å². The van der Waals surface area contributed by atoms with E-state index in [-0.39, 0.29) is 17.7 Å². The molecule has 0 saturated heterocycles. The molecule has 198 valence electrons. The van der Waals surface area contributed by atoms with Crippen molar-refractivity contribution in [2.45, 2.75) is 66.1 Å². The summed E-state index contributed by atoms with van der Waals surface area (Å²) in [6.07, 6.45) is 5.31. The van der Waals surface area contributed by atoms with Crippen LogP contribution in [0.2, 0.25) is 0 Å². The lowest BCUT2D eigenvalue weighted by Gasteiger charge is -2.30. The van der Waals surface area contributed by atoms with Crippen LogP contribution in [0.5, 0.6) is 0 Å². The molecule has 0 fully saturated rings. The van der Waals surface area contributed by atoms with Crippen LogP contribution in [-0.2, 0) is 31.3 Å². The van der Waals surface area contributed by atoms with Gasteiger partial charge in [-0.2, -0.15) is 4.21 Å². The summed E-state index contributed by atoms with van der Waals surface area (Å²) in [5.74, 6) is 5.88. The van der Waals surface area contributed by atoms with Crippen LogP contribution in [-0.4, -0.2) is 62.1 Å². The predicted octanol–water partition coefficient (Wildman–Crippen LogP) is 0.298. The van der Waals surface area contributed by atoms with E-state index in [9.17, 15) is 4.21 Å². The van der Waals surface area contributed by atoms with Crippen LogP contribution >= 0.6 is 0 Å². The van der Waals surface area contributed by atoms with E-state index in [4.69, 9.17) is 21.5 Å². The second-order valence-electron chi connectivity index (χ2n) is 9.38. The van der Waals surface area contributed by atoms with E-state index >= 15 is 0 Å². The molecule has 1 atom stereocenters. The van der Waals surface area contributed by atoms with E-state index in [1.807, 2.05) is 33.9 Å². The topological polar surface area (TPSA) is 181 Å². The number of aryl methyl sites for hydroxylation is 1. The van der Waals surface area contributed by atoms with Gasteiger partial charge >= 0.3 is 11.4 Å². The molecule has 0 aliphatic carbocycles. The fourth-order valence-corrected chi connectivity index (χ4v) is 2.27. The molecule has 0 amide bonds. The van der Waals surface area contributed by atoms with Crippen LogP contribution < -0.4 is 27.9 Å². The maximum atomic E-state index is 10.7. The molecule has 0 aromatic carbocycles. The fourth-order valence-electron chi connectivity index (χ4n) is 1.91. The first-order chi connectivity index (χ1) is 15.6. The van der Waals surface area contributed by atoms with Gasteiger partial charge in [0.1, 0.15) is 0 Å². The monoisotopic (exact) mass is 505 g/mol. The van der Waals surface area contributed by atoms with Gasteiger partial charge in [0.05, 0.1) is 26.0 Å². The first kappa shape index (κ1) is 31.8. The van der Waals surface area contributed by atoms with Crippen LogP contribution in [0.25, 0.3) is 0 Å². The van der Waals surface area contributed by atoms with Crippen molar-refractivity contribution in [3.05, 3.63) is 35.7 Å². The van der Waals surface area contributed by atoms with Crippen LogP contribution in [0, 0.1) is 6.92 Å². The Bertz CT molecular complexity index is 786. The van der Waals surface area contributed by atoms with Crippen molar-refractivity contribution >= 4 is 11.4 Å². The highest BCUT2D eigenvalue weighted by molar-refractivity contribution is 7.75. The molecular formula is C20H43N9O4S. The Kier molecular flexibility index (Phi) is 14.6. The zero-order chi connectivity index (χ0) is 26.4. The number of nitrogens with two attached hydrogens (primary N) is 3. The Morgan fingerprint density at radius 3 is 2.32 bits per heavy atom. The van der Waals surface area contributed by atoms with Crippen molar-refractivity contribution < 1.29 is 17.6 Å². The molecule has 0 aliphatic heterocycles. The number of aromatic nitrogens is 3. The molecule has 8 N–H and O–H groups in total. The van der Waals surface area contributed by atoms with Gasteiger partial charge < -0.3 is 27.1 Å². The van der Waals surface area contributed by atoms with Crippen LogP contribution in [0.3, 0.4) is 0 Å². The Hall–Kier alpha value is -2.23. The van der Waals surface area contributed by atoms with Crippen LogP contribution in [0.15, 0.2) is 30.0 Å². The minimum atomic E-state index is -1.87.